The van der Waals surface area contributed by atoms with Crippen LogP contribution in [0.2, 0.25) is 0 Å². The summed E-state index contributed by atoms with van der Waals surface area (Å²) < 4.78 is 0. The lowest BCUT2D eigenvalue weighted by Crippen LogP contribution is -2.48. The molecule has 1 amide bonds. The highest BCUT2D eigenvalue weighted by Crippen LogP contribution is 2.17. The summed E-state index contributed by atoms with van der Waals surface area (Å²) in [5, 5.41) is 12.2. The zero-order valence-corrected chi connectivity index (χ0v) is 12.2. The van der Waals surface area contributed by atoms with Crippen molar-refractivity contribution < 1.29 is 14.7 Å². The number of carboxylic acid groups (broad SMARTS) is 1. The van der Waals surface area contributed by atoms with E-state index in [2.05, 4.69) is 26.1 Å². The molecule has 110 valence electrons. The lowest BCUT2D eigenvalue weighted by Gasteiger charge is -2.32. The van der Waals surface area contributed by atoms with E-state index in [0.29, 0.717) is 32.5 Å². The summed E-state index contributed by atoms with van der Waals surface area (Å²) in [6.07, 6.45) is 3.25. The summed E-state index contributed by atoms with van der Waals surface area (Å²) >= 11 is 0. The Morgan fingerprint density at radius 1 is 1.32 bits per heavy atom. The second-order valence-electron chi connectivity index (χ2n) is 5.98. The van der Waals surface area contributed by atoms with Crippen LogP contribution >= 0.6 is 0 Å². The Morgan fingerprint density at radius 2 is 1.89 bits per heavy atom. The number of carbonyl (C=O) groups is 2. The van der Waals surface area contributed by atoms with Crippen LogP contribution in [0.1, 0.15) is 46.5 Å². The van der Waals surface area contributed by atoms with Gasteiger partial charge in [-0.05, 0) is 33.1 Å². The van der Waals surface area contributed by atoms with Crippen molar-refractivity contribution in [3.63, 3.8) is 0 Å². The SMILES string of the molecule is CCCC(C)(C)NCC(=O)N1CCC(C(=O)O)CC1. The molecule has 1 aliphatic rings. The highest BCUT2D eigenvalue weighted by Gasteiger charge is 2.27. The Bertz CT molecular complexity index is 321. The van der Waals surface area contributed by atoms with Gasteiger partial charge in [-0.3, -0.25) is 9.59 Å². The zero-order valence-electron chi connectivity index (χ0n) is 12.2. The van der Waals surface area contributed by atoms with Crippen LogP contribution in [0, 0.1) is 5.92 Å². The third kappa shape index (κ3) is 5.19. The molecular weight excluding hydrogens is 244 g/mol. The molecule has 0 bridgehead atoms. The van der Waals surface area contributed by atoms with Crippen molar-refractivity contribution in [3.8, 4) is 0 Å². The number of amides is 1. The predicted molar refractivity (Wildman–Crippen MR) is 73.9 cm³/mol. The number of hydrogen-bond donors (Lipinski definition) is 2. The van der Waals surface area contributed by atoms with Crippen molar-refractivity contribution in [3.05, 3.63) is 0 Å². The molecule has 0 saturated carbocycles. The molecule has 5 heteroatoms. The third-order valence-corrected chi connectivity index (χ3v) is 3.79. The summed E-state index contributed by atoms with van der Waals surface area (Å²) in [6.45, 7) is 7.78. The lowest BCUT2D eigenvalue weighted by atomic mass is 9.97. The number of hydrogen-bond acceptors (Lipinski definition) is 3. The molecule has 1 rings (SSSR count). The van der Waals surface area contributed by atoms with Gasteiger partial charge >= 0.3 is 5.97 Å². The van der Waals surface area contributed by atoms with E-state index < -0.39 is 5.97 Å². The molecule has 0 radical (unpaired) electrons. The minimum atomic E-state index is -0.741. The Balaban J connectivity index is 2.34. The van der Waals surface area contributed by atoms with Gasteiger partial charge in [-0.1, -0.05) is 13.3 Å². The van der Waals surface area contributed by atoms with Gasteiger partial charge in [-0.25, -0.2) is 0 Å². The Hall–Kier alpha value is -1.10. The van der Waals surface area contributed by atoms with E-state index in [1.54, 1.807) is 4.90 Å². The quantitative estimate of drug-likeness (QED) is 0.767. The van der Waals surface area contributed by atoms with Crippen LogP contribution in [-0.2, 0) is 9.59 Å². The fraction of sp³-hybridized carbons (Fsp3) is 0.857. The van der Waals surface area contributed by atoms with Gasteiger partial charge in [0.05, 0.1) is 12.5 Å². The van der Waals surface area contributed by atoms with Crippen molar-refractivity contribution in [2.24, 2.45) is 5.92 Å². The standard InChI is InChI=1S/C14H26N2O3/c1-4-7-14(2,3)15-10-12(17)16-8-5-11(6-9-16)13(18)19/h11,15H,4-10H2,1-3H3,(H,18,19). The fourth-order valence-electron chi connectivity index (χ4n) is 2.52. The van der Waals surface area contributed by atoms with Gasteiger partial charge in [-0.15, -0.1) is 0 Å². The number of carboxylic acids is 1. The topological polar surface area (TPSA) is 69.6 Å². The van der Waals surface area contributed by atoms with Gasteiger partial charge in [0, 0.05) is 18.6 Å². The Morgan fingerprint density at radius 3 is 2.37 bits per heavy atom. The van der Waals surface area contributed by atoms with Gasteiger partial charge < -0.3 is 15.3 Å². The average Bonchev–Trinajstić information content (AvgIpc) is 2.36. The number of carbonyl (C=O) groups excluding carboxylic acids is 1. The van der Waals surface area contributed by atoms with Crippen molar-refractivity contribution in [2.45, 2.75) is 52.0 Å². The number of aliphatic carboxylic acids is 1. The molecule has 5 nitrogen and oxygen atoms in total. The average molecular weight is 270 g/mol. The van der Waals surface area contributed by atoms with E-state index in [4.69, 9.17) is 5.11 Å². The Kier molecular flexibility index (Phi) is 5.79. The number of piperidine rings is 1. The second kappa shape index (κ2) is 6.89. The molecule has 1 saturated heterocycles. The summed E-state index contributed by atoms with van der Waals surface area (Å²) in [5.74, 6) is -0.948. The van der Waals surface area contributed by atoms with E-state index in [-0.39, 0.29) is 17.4 Å². The second-order valence-corrected chi connectivity index (χ2v) is 5.98. The largest absolute Gasteiger partial charge is 0.481 e. The lowest BCUT2D eigenvalue weighted by molar-refractivity contribution is -0.145. The molecule has 0 unspecified atom stereocenters. The molecule has 1 heterocycles. The molecule has 1 aliphatic heterocycles. The van der Waals surface area contributed by atoms with E-state index >= 15 is 0 Å². The smallest absolute Gasteiger partial charge is 0.306 e. The molecule has 0 aromatic heterocycles. The van der Waals surface area contributed by atoms with Crippen molar-refractivity contribution in [1.29, 1.82) is 0 Å². The summed E-state index contributed by atoms with van der Waals surface area (Å²) in [6, 6.07) is 0. The molecule has 2 N–H and O–H groups in total. The minimum Gasteiger partial charge on any atom is -0.481 e. The zero-order chi connectivity index (χ0) is 14.5. The highest BCUT2D eigenvalue weighted by atomic mass is 16.4. The van der Waals surface area contributed by atoms with Crippen LogP contribution in [-0.4, -0.2) is 47.1 Å². The van der Waals surface area contributed by atoms with Gasteiger partial charge in [0.1, 0.15) is 0 Å². The van der Waals surface area contributed by atoms with Crippen LogP contribution in [0.4, 0.5) is 0 Å². The van der Waals surface area contributed by atoms with E-state index in [0.717, 1.165) is 12.8 Å². The van der Waals surface area contributed by atoms with Gasteiger partial charge in [0.2, 0.25) is 5.91 Å². The van der Waals surface area contributed by atoms with Gasteiger partial charge in [0.15, 0.2) is 0 Å². The molecular formula is C14H26N2O3. The summed E-state index contributed by atoms with van der Waals surface area (Å²) in [7, 11) is 0. The number of nitrogens with one attached hydrogen (secondary N) is 1. The minimum absolute atomic E-state index is 0.0240. The van der Waals surface area contributed by atoms with Crippen LogP contribution in [0.3, 0.4) is 0 Å². The monoisotopic (exact) mass is 270 g/mol. The Labute approximate surface area is 115 Å². The van der Waals surface area contributed by atoms with Crippen LogP contribution in [0.5, 0.6) is 0 Å². The predicted octanol–water partition coefficient (Wildman–Crippen LogP) is 1.48. The summed E-state index contributed by atoms with van der Waals surface area (Å²) in [5.41, 5.74) is -0.0240. The maximum absolute atomic E-state index is 12.0. The molecule has 0 aromatic carbocycles. The van der Waals surface area contributed by atoms with Crippen molar-refractivity contribution >= 4 is 11.9 Å². The molecule has 0 aliphatic carbocycles. The first-order valence-corrected chi connectivity index (χ1v) is 7.11. The van der Waals surface area contributed by atoms with Crippen LogP contribution in [0.15, 0.2) is 0 Å². The molecule has 0 aromatic rings. The van der Waals surface area contributed by atoms with Crippen molar-refractivity contribution in [1.82, 2.24) is 10.2 Å². The van der Waals surface area contributed by atoms with E-state index in [9.17, 15) is 9.59 Å². The molecule has 19 heavy (non-hydrogen) atoms. The van der Waals surface area contributed by atoms with E-state index in [1.807, 2.05) is 0 Å². The first-order valence-electron chi connectivity index (χ1n) is 7.11. The van der Waals surface area contributed by atoms with E-state index in [1.165, 1.54) is 0 Å². The maximum Gasteiger partial charge on any atom is 0.306 e. The molecule has 1 fully saturated rings. The fourth-order valence-corrected chi connectivity index (χ4v) is 2.52. The first kappa shape index (κ1) is 16.0. The number of nitrogens with zero attached hydrogens (tertiary/aromatic N) is 1. The molecule has 0 spiro atoms. The third-order valence-electron chi connectivity index (χ3n) is 3.79. The number of likely N-dealkylation sites (tertiary alicyclic amines) is 1. The number of rotatable bonds is 6. The maximum atomic E-state index is 12.0. The normalized spacial score (nSPS) is 17.5. The van der Waals surface area contributed by atoms with Crippen molar-refractivity contribution in [2.75, 3.05) is 19.6 Å². The highest BCUT2D eigenvalue weighted by molar-refractivity contribution is 5.79. The van der Waals surface area contributed by atoms with Gasteiger partial charge in [0.25, 0.3) is 0 Å². The van der Waals surface area contributed by atoms with Crippen LogP contribution in [0.25, 0.3) is 0 Å². The van der Waals surface area contributed by atoms with Crippen LogP contribution < -0.4 is 5.32 Å². The molecule has 0 atom stereocenters. The first-order chi connectivity index (χ1) is 8.85. The summed E-state index contributed by atoms with van der Waals surface area (Å²) in [4.78, 5) is 24.7. The van der Waals surface area contributed by atoms with Gasteiger partial charge in [-0.2, -0.15) is 0 Å².